The molecular formula is C19H19N3O3S. The lowest BCUT2D eigenvalue weighted by Crippen LogP contribution is -2.66. The van der Waals surface area contributed by atoms with Gasteiger partial charge in [0.05, 0.1) is 5.56 Å². The third kappa shape index (κ3) is 2.41. The average Bonchev–Trinajstić information content (AvgIpc) is 3.15. The largest absolute Gasteiger partial charge is 0.467 e. The number of anilines is 1. The Balaban J connectivity index is 1.38. The van der Waals surface area contributed by atoms with E-state index in [1.165, 1.54) is 11.3 Å². The van der Waals surface area contributed by atoms with E-state index in [4.69, 9.17) is 4.74 Å². The van der Waals surface area contributed by atoms with E-state index in [1.54, 1.807) is 12.3 Å². The molecule has 3 saturated carbocycles. The number of nitrogens with one attached hydrogen (secondary N) is 2. The Labute approximate surface area is 155 Å². The Morgan fingerprint density at radius 2 is 2.23 bits per heavy atom. The molecule has 4 atom stereocenters. The highest BCUT2D eigenvalue weighted by Crippen LogP contribution is 2.52. The molecule has 134 valence electrons. The van der Waals surface area contributed by atoms with E-state index in [-0.39, 0.29) is 29.6 Å². The first-order valence-electron chi connectivity index (χ1n) is 8.95. The average molecular weight is 369 g/mol. The van der Waals surface area contributed by atoms with Crippen LogP contribution in [0.3, 0.4) is 0 Å². The van der Waals surface area contributed by atoms with Crippen LogP contribution in [0.1, 0.15) is 36.0 Å². The molecule has 2 heterocycles. The molecule has 4 aliphatic rings. The first-order chi connectivity index (χ1) is 12.6. The number of hydrogen-bond acceptors (Lipinski definition) is 5. The number of nitrogens with zero attached hydrogens (tertiary/aromatic N) is 1. The van der Waals surface area contributed by atoms with Crippen molar-refractivity contribution >= 4 is 28.3 Å². The van der Waals surface area contributed by atoms with Crippen molar-refractivity contribution in [3.8, 4) is 5.75 Å². The van der Waals surface area contributed by atoms with Crippen molar-refractivity contribution in [2.75, 3.05) is 5.32 Å². The van der Waals surface area contributed by atoms with Crippen LogP contribution < -0.4 is 15.4 Å². The molecule has 2 amide bonds. The smallest absolute Gasteiger partial charge is 0.258 e. The summed E-state index contributed by atoms with van der Waals surface area (Å²) in [6, 6.07) is 7.36. The molecule has 1 aliphatic heterocycles. The van der Waals surface area contributed by atoms with Gasteiger partial charge >= 0.3 is 0 Å². The van der Waals surface area contributed by atoms with Gasteiger partial charge in [-0.3, -0.25) is 9.59 Å². The second kappa shape index (κ2) is 5.81. The molecule has 3 aliphatic carbocycles. The van der Waals surface area contributed by atoms with E-state index in [2.05, 4.69) is 15.6 Å². The Morgan fingerprint density at radius 3 is 3.00 bits per heavy atom. The van der Waals surface area contributed by atoms with Gasteiger partial charge < -0.3 is 15.4 Å². The minimum absolute atomic E-state index is 0.0343. The SMILES string of the molecule is O=C1N[C@@]2(C[C@H]3CC[C@@H]2C[C@@H]3C(=O)Nc2nccs2)Oc2ccccc21. The van der Waals surface area contributed by atoms with E-state index in [0.717, 1.165) is 19.3 Å². The number of fused-ring (bicyclic) bond motifs is 3. The number of amides is 2. The van der Waals surface area contributed by atoms with Gasteiger partial charge in [0.15, 0.2) is 10.9 Å². The summed E-state index contributed by atoms with van der Waals surface area (Å²) in [6.07, 6.45) is 5.04. The number of rotatable bonds is 2. The molecule has 26 heavy (non-hydrogen) atoms. The maximum absolute atomic E-state index is 12.7. The van der Waals surface area contributed by atoms with E-state index < -0.39 is 5.72 Å². The number of para-hydroxylation sites is 1. The summed E-state index contributed by atoms with van der Waals surface area (Å²) in [7, 11) is 0. The number of carbonyl (C=O) groups excluding carboxylic acids is 2. The quantitative estimate of drug-likeness (QED) is 0.853. The van der Waals surface area contributed by atoms with Crippen LogP contribution in [0.2, 0.25) is 0 Å². The molecule has 2 N–H and O–H groups in total. The van der Waals surface area contributed by atoms with Crippen molar-refractivity contribution < 1.29 is 14.3 Å². The first kappa shape index (κ1) is 15.8. The predicted molar refractivity (Wildman–Crippen MR) is 96.9 cm³/mol. The summed E-state index contributed by atoms with van der Waals surface area (Å²) < 4.78 is 6.32. The second-order valence-corrected chi connectivity index (χ2v) is 8.24. The van der Waals surface area contributed by atoms with Gasteiger partial charge in [0.25, 0.3) is 5.91 Å². The molecule has 6 nitrogen and oxygen atoms in total. The number of aromatic nitrogens is 1. The maximum Gasteiger partial charge on any atom is 0.258 e. The Morgan fingerprint density at radius 1 is 1.35 bits per heavy atom. The van der Waals surface area contributed by atoms with Crippen LogP contribution in [0.5, 0.6) is 5.75 Å². The summed E-state index contributed by atoms with van der Waals surface area (Å²) in [5.74, 6) is 0.881. The minimum Gasteiger partial charge on any atom is -0.467 e. The van der Waals surface area contributed by atoms with Crippen molar-refractivity contribution in [1.29, 1.82) is 0 Å². The number of thiazole rings is 1. The zero-order chi connectivity index (χ0) is 17.7. The lowest BCUT2D eigenvalue weighted by Gasteiger charge is -2.55. The molecule has 0 saturated heterocycles. The van der Waals surface area contributed by atoms with Crippen molar-refractivity contribution in [2.45, 2.75) is 31.4 Å². The fraction of sp³-hybridized carbons (Fsp3) is 0.421. The fourth-order valence-electron chi connectivity index (χ4n) is 4.76. The number of ether oxygens (including phenoxy) is 1. The topological polar surface area (TPSA) is 80.3 Å². The molecule has 0 unspecified atom stereocenters. The molecule has 1 aromatic carbocycles. The van der Waals surface area contributed by atoms with Crippen molar-refractivity contribution in [3.05, 3.63) is 41.4 Å². The Kier molecular flexibility index (Phi) is 3.53. The minimum atomic E-state index is -0.674. The zero-order valence-electron chi connectivity index (χ0n) is 14.1. The summed E-state index contributed by atoms with van der Waals surface area (Å²) in [4.78, 5) is 29.4. The van der Waals surface area contributed by atoms with E-state index >= 15 is 0 Å². The van der Waals surface area contributed by atoms with Gasteiger partial charge in [0, 0.05) is 29.8 Å². The lowest BCUT2D eigenvalue weighted by molar-refractivity contribution is -0.142. The van der Waals surface area contributed by atoms with Gasteiger partial charge in [-0.15, -0.1) is 11.3 Å². The summed E-state index contributed by atoms with van der Waals surface area (Å²) in [5, 5.41) is 8.54. The van der Waals surface area contributed by atoms with Crippen LogP contribution in [0.15, 0.2) is 35.8 Å². The van der Waals surface area contributed by atoms with Crippen LogP contribution in [0.25, 0.3) is 0 Å². The van der Waals surface area contributed by atoms with E-state index in [1.807, 2.05) is 23.6 Å². The fourth-order valence-corrected chi connectivity index (χ4v) is 5.30. The molecule has 3 fully saturated rings. The predicted octanol–water partition coefficient (Wildman–Crippen LogP) is 3.04. The van der Waals surface area contributed by atoms with Crippen molar-refractivity contribution in [1.82, 2.24) is 10.3 Å². The molecule has 7 heteroatoms. The van der Waals surface area contributed by atoms with E-state index in [9.17, 15) is 9.59 Å². The number of benzene rings is 1. The highest BCUT2D eigenvalue weighted by Gasteiger charge is 2.57. The summed E-state index contributed by atoms with van der Waals surface area (Å²) in [6.45, 7) is 0. The molecule has 6 rings (SSSR count). The van der Waals surface area contributed by atoms with Crippen molar-refractivity contribution in [3.63, 3.8) is 0 Å². The summed E-state index contributed by atoms with van der Waals surface area (Å²) in [5.41, 5.74) is -0.0931. The van der Waals surface area contributed by atoms with Gasteiger partial charge in [0.2, 0.25) is 5.91 Å². The highest BCUT2D eigenvalue weighted by atomic mass is 32.1. The van der Waals surface area contributed by atoms with Gasteiger partial charge in [-0.05, 0) is 37.3 Å². The Hall–Kier alpha value is -2.41. The molecule has 0 radical (unpaired) electrons. The van der Waals surface area contributed by atoms with Gasteiger partial charge in [-0.25, -0.2) is 4.98 Å². The van der Waals surface area contributed by atoms with Crippen LogP contribution in [-0.4, -0.2) is 22.5 Å². The number of hydrogen-bond donors (Lipinski definition) is 2. The molecule has 1 spiro atoms. The van der Waals surface area contributed by atoms with Crippen LogP contribution in [0.4, 0.5) is 5.13 Å². The van der Waals surface area contributed by atoms with Crippen LogP contribution in [-0.2, 0) is 4.79 Å². The number of carbonyl (C=O) groups is 2. The molecular weight excluding hydrogens is 350 g/mol. The van der Waals surface area contributed by atoms with Crippen LogP contribution >= 0.6 is 11.3 Å². The lowest BCUT2D eigenvalue weighted by atomic mass is 9.60. The zero-order valence-corrected chi connectivity index (χ0v) is 14.9. The third-order valence-corrected chi connectivity index (χ3v) is 6.65. The van der Waals surface area contributed by atoms with Crippen LogP contribution in [0, 0.1) is 17.8 Å². The van der Waals surface area contributed by atoms with Crippen molar-refractivity contribution in [2.24, 2.45) is 17.8 Å². The van der Waals surface area contributed by atoms with Gasteiger partial charge in [0.1, 0.15) is 5.75 Å². The van der Waals surface area contributed by atoms with Gasteiger partial charge in [-0.2, -0.15) is 0 Å². The molecule has 2 aromatic rings. The monoisotopic (exact) mass is 369 g/mol. The standard InChI is InChI=1S/C19H19N3O3S/c23-16(21-18-20-7-8-26-18)14-9-12-6-5-11(14)10-19(12)22-17(24)13-3-1-2-4-15(13)25-19/h1-4,7-8,11-12,14H,5-6,9-10H2,(H,22,24)(H,20,21,23)/t11-,12-,14+,19+/m1/s1. The van der Waals surface area contributed by atoms with Gasteiger partial charge in [-0.1, -0.05) is 12.1 Å². The third-order valence-electron chi connectivity index (χ3n) is 5.97. The molecule has 2 bridgehead atoms. The first-order valence-corrected chi connectivity index (χ1v) is 9.83. The van der Waals surface area contributed by atoms with E-state index in [0.29, 0.717) is 22.9 Å². The molecule has 1 aromatic heterocycles. The second-order valence-electron chi connectivity index (χ2n) is 7.35. The Bertz CT molecular complexity index is 869. The normalized spacial score (nSPS) is 31.8. The highest BCUT2D eigenvalue weighted by molar-refractivity contribution is 7.13. The summed E-state index contributed by atoms with van der Waals surface area (Å²) >= 11 is 1.42. The maximum atomic E-state index is 12.7.